The van der Waals surface area contributed by atoms with Crippen LogP contribution in [0.2, 0.25) is 5.15 Å². The fourth-order valence-corrected chi connectivity index (χ4v) is 1.52. The quantitative estimate of drug-likeness (QED) is 0.753. The first-order valence-electron chi connectivity index (χ1n) is 5.11. The summed E-state index contributed by atoms with van der Waals surface area (Å²) >= 11 is 5.93. The molecule has 1 atom stereocenters. The Balaban J connectivity index is 2.47. The van der Waals surface area contributed by atoms with E-state index in [-0.39, 0.29) is 0 Å². The molecule has 78 valence electrons. The molecule has 3 heteroatoms. The van der Waals surface area contributed by atoms with Gasteiger partial charge in [0.2, 0.25) is 0 Å². The van der Waals surface area contributed by atoms with Crippen molar-refractivity contribution in [3.63, 3.8) is 0 Å². The van der Waals surface area contributed by atoms with Gasteiger partial charge in [0, 0.05) is 12.2 Å². The van der Waals surface area contributed by atoms with Crippen LogP contribution in [0, 0.1) is 0 Å². The number of unbranched alkanes of at least 4 members (excludes halogenated alkanes) is 1. The van der Waals surface area contributed by atoms with E-state index in [0.717, 1.165) is 5.69 Å². The van der Waals surface area contributed by atoms with Gasteiger partial charge in [0.25, 0.3) is 0 Å². The topological polar surface area (TPSA) is 24.9 Å². The highest BCUT2D eigenvalue weighted by Gasteiger charge is 2.04. The lowest BCUT2D eigenvalue weighted by atomic mass is 10.1. The van der Waals surface area contributed by atoms with Crippen molar-refractivity contribution in [3.05, 3.63) is 23.5 Å². The molecule has 0 aliphatic carbocycles. The van der Waals surface area contributed by atoms with E-state index in [0.29, 0.717) is 11.2 Å². The van der Waals surface area contributed by atoms with Crippen molar-refractivity contribution in [2.75, 3.05) is 5.32 Å². The molecule has 0 amide bonds. The first-order valence-corrected chi connectivity index (χ1v) is 5.49. The van der Waals surface area contributed by atoms with Crippen LogP contribution in [0.15, 0.2) is 18.3 Å². The van der Waals surface area contributed by atoms with Crippen LogP contribution in [0.25, 0.3) is 0 Å². The molecule has 1 heterocycles. The summed E-state index contributed by atoms with van der Waals surface area (Å²) in [5.41, 5.74) is 0.928. The van der Waals surface area contributed by atoms with Gasteiger partial charge < -0.3 is 5.32 Å². The van der Waals surface area contributed by atoms with Gasteiger partial charge in [-0.3, -0.25) is 0 Å². The molecule has 1 N–H and O–H groups in total. The molecule has 0 fully saturated rings. The van der Waals surface area contributed by atoms with E-state index in [9.17, 15) is 0 Å². The van der Waals surface area contributed by atoms with Gasteiger partial charge in [0.05, 0.1) is 5.69 Å². The molecule has 0 saturated carbocycles. The lowest BCUT2D eigenvalue weighted by Crippen LogP contribution is -2.15. The minimum Gasteiger partial charge on any atom is -0.380 e. The minimum absolute atomic E-state index is 0.455. The Morgan fingerprint density at radius 1 is 1.57 bits per heavy atom. The molecule has 0 aliphatic heterocycles. The number of rotatable bonds is 5. The summed E-state index contributed by atoms with van der Waals surface area (Å²) in [6, 6.07) is 4.30. The molecule has 14 heavy (non-hydrogen) atoms. The van der Waals surface area contributed by atoms with E-state index in [1.165, 1.54) is 19.3 Å². The van der Waals surface area contributed by atoms with E-state index in [1.54, 1.807) is 6.20 Å². The molecule has 1 aromatic heterocycles. The van der Waals surface area contributed by atoms with Crippen LogP contribution in [0.5, 0.6) is 0 Å². The minimum atomic E-state index is 0.455. The van der Waals surface area contributed by atoms with Crippen molar-refractivity contribution >= 4 is 17.3 Å². The van der Waals surface area contributed by atoms with Crippen LogP contribution >= 0.6 is 11.6 Å². The molecule has 0 bridgehead atoms. The van der Waals surface area contributed by atoms with Crippen LogP contribution in [0.1, 0.15) is 33.1 Å². The molecule has 0 aliphatic rings. The molecular formula is C11H17ClN2. The first kappa shape index (κ1) is 11.3. The maximum atomic E-state index is 5.93. The molecule has 0 aromatic carbocycles. The Labute approximate surface area is 90.7 Å². The summed E-state index contributed by atoms with van der Waals surface area (Å²) in [6.45, 7) is 4.36. The largest absolute Gasteiger partial charge is 0.380 e. The van der Waals surface area contributed by atoms with Gasteiger partial charge in [0.1, 0.15) is 0 Å². The van der Waals surface area contributed by atoms with E-state index in [2.05, 4.69) is 24.1 Å². The average Bonchev–Trinajstić information content (AvgIpc) is 2.18. The summed E-state index contributed by atoms with van der Waals surface area (Å²) in [4.78, 5) is 4.02. The smallest absolute Gasteiger partial charge is 0.152 e. The van der Waals surface area contributed by atoms with Crippen LogP contribution in [0.3, 0.4) is 0 Å². The van der Waals surface area contributed by atoms with Crippen molar-refractivity contribution in [1.29, 1.82) is 0 Å². The van der Waals surface area contributed by atoms with Gasteiger partial charge in [-0.15, -0.1) is 0 Å². The highest BCUT2D eigenvalue weighted by atomic mass is 35.5. The van der Waals surface area contributed by atoms with E-state index in [1.807, 2.05) is 12.1 Å². The average molecular weight is 213 g/mol. The number of halogens is 1. The summed E-state index contributed by atoms with van der Waals surface area (Å²) in [5.74, 6) is 0. The monoisotopic (exact) mass is 212 g/mol. The Morgan fingerprint density at radius 2 is 2.36 bits per heavy atom. The maximum absolute atomic E-state index is 5.93. The van der Waals surface area contributed by atoms with Crippen molar-refractivity contribution in [2.24, 2.45) is 0 Å². The molecule has 0 radical (unpaired) electrons. The number of anilines is 1. The van der Waals surface area contributed by atoms with Crippen LogP contribution < -0.4 is 5.32 Å². The van der Waals surface area contributed by atoms with E-state index in [4.69, 9.17) is 11.6 Å². The predicted octanol–water partition coefficient (Wildman–Crippen LogP) is 3.73. The second-order valence-electron chi connectivity index (χ2n) is 3.53. The van der Waals surface area contributed by atoms with Crippen LogP contribution in [-0.4, -0.2) is 11.0 Å². The molecular weight excluding hydrogens is 196 g/mol. The number of pyridine rings is 1. The third-order valence-corrected chi connectivity index (χ3v) is 2.45. The third kappa shape index (κ3) is 3.54. The zero-order valence-corrected chi connectivity index (χ0v) is 9.51. The summed E-state index contributed by atoms with van der Waals surface area (Å²) in [7, 11) is 0. The zero-order chi connectivity index (χ0) is 10.4. The molecule has 0 saturated heterocycles. The van der Waals surface area contributed by atoms with E-state index < -0.39 is 0 Å². The third-order valence-electron chi connectivity index (χ3n) is 2.15. The standard InChI is InChI=1S/C11H17ClN2/c1-3-4-6-9(2)14-10-7-5-8-13-11(10)12/h5,7-9,14H,3-4,6H2,1-2H3. The number of aromatic nitrogens is 1. The molecule has 1 aromatic rings. The van der Waals surface area contributed by atoms with Crippen molar-refractivity contribution in [1.82, 2.24) is 4.98 Å². The highest BCUT2D eigenvalue weighted by molar-refractivity contribution is 6.31. The molecule has 1 unspecified atom stereocenters. The summed E-state index contributed by atoms with van der Waals surface area (Å²) < 4.78 is 0. The van der Waals surface area contributed by atoms with E-state index >= 15 is 0 Å². The van der Waals surface area contributed by atoms with Gasteiger partial charge in [-0.05, 0) is 25.5 Å². The van der Waals surface area contributed by atoms with Crippen molar-refractivity contribution in [3.8, 4) is 0 Å². The molecule has 0 spiro atoms. The lowest BCUT2D eigenvalue weighted by Gasteiger charge is -2.15. The highest BCUT2D eigenvalue weighted by Crippen LogP contribution is 2.19. The number of nitrogens with one attached hydrogen (secondary N) is 1. The normalized spacial score (nSPS) is 12.5. The summed E-state index contributed by atoms with van der Waals surface area (Å²) in [5, 5.41) is 3.90. The molecule has 2 nitrogen and oxygen atoms in total. The predicted molar refractivity (Wildman–Crippen MR) is 61.9 cm³/mol. The number of nitrogens with zero attached hydrogens (tertiary/aromatic N) is 1. The van der Waals surface area contributed by atoms with Crippen molar-refractivity contribution in [2.45, 2.75) is 39.2 Å². The lowest BCUT2D eigenvalue weighted by molar-refractivity contribution is 0.645. The van der Waals surface area contributed by atoms with Crippen LogP contribution in [-0.2, 0) is 0 Å². The first-order chi connectivity index (χ1) is 6.74. The Kier molecular flexibility index (Phi) is 4.74. The van der Waals surface area contributed by atoms with Gasteiger partial charge in [-0.25, -0.2) is 4.98 Å². The van der Waals surface area contributed by atoms with Crippen LogP contribution in [0.4, 0.5) is 5.69 Å². The molecule has 1 rings (SSSR count). The van der Waals surface area contributed by atoms with Crippen molar-refractivity contribution < 1.29 is 0 Å². The Hall–Kier alpha value is -0.760. The second-order valence-corrected chi connectivity index (χ2v) is 3.89. The van der Waals surface area contributed by atoms with Gasteiger partial charge in [-0.1, -0.05) is 31.4 Å². The number of hydrogen-bond acceptors (Lipinski definition) is 2. The Morgan fingerprint density at radius 3 is 3.00 bits per heavy atom. The fourth-order valence-electron chi connectivity index (χ4n) is 1.34. The SMILES string of the molecule is CCCCC(C)Nc1cccnc1Cl. The summed E-state index contributed by atoms with van der Waals surface area (Å²) in [6.07, 6.45) is 5.34. The fraction of sp³-hybridized carbons (Fsp3) is 0.545. The number of hydrogen-bond donors (Lipinski definition) is 1. The van der Waals surface area contributed by atoms with Gasteiger partial charge >= 0.3 is 0 Å². The maximum Gasteiger partial charge on any atom is 0.152 e. The second kappa shape index (κ2) is 5.86. The van der Waals surface area contributed by atoms with Gasteiger partial charge in [0.15, 0.2) is 5.15 Å². The Bertz CT molecular complexity index is 276. The van der Waals surface area contributed by atoms with Gasteiger partial charge in [-0.2, -0.15) is 0 Å². The zero-order valence-electron chi connectivity index (χ0n) is 8.76.